The molecular formula is C12H8IN3OS. The molecule has 0 fully saturated rings. The second kappa shape index (κ2) is 4.77. The van der Waals surface area contributed by atoms with Gasteiger partial charge in [0, 0.05) is 0 Å². The summed E-state index contributed by atoms with van der Waals surface area (Å²) < 4.78 is 11.2. The van der Waals surface area contributed by atoms with Crippen molar-refractivity contribution >= 4 is 44.3 Å². The molecule has 6 heteroatoms. The van der Waals surface area contributed by atoms with Crippen molar-refractivity contribution in [3.63, 3.8) is 0 Å². The Labute approximate surface area is 121 Å². The molecule has 0 unspecified atom stereocenters. The van der Waals surface area contributed by atoms with Crippen LogP contribution in [0.25, 0.3) is 10.2 Å². The molecule has 2 heterocycles. The summed E-state index contributed by atoms with van der Waals surface area (Å²) in [4.78, 5) is 9.25. The zero-order chi connectivity index (χ0) is 12.5. The van der Waals surface area contributed by atoms with Crippen molar-refractivity contribution in [2.45, 2.75) is 6.92 Å². The molecule has 1 aromatic carbocycles. The second-order valence-electron chi connectivity index (χ2n) is 3.66. The van der Waals surface area contributed by atoms with Gasteiger partial charge in [0.05, 0.1) is 14.7 Å². The van der Waals surface area contributed by atoms with Gasteiger partial charge in [-0.25, -0.2) is 9.97 Å². The van der Waals surface area contributed by atoms with Crippen LogP contribution in [0, 0.1) is 10.5 Å². The van der Waals surface area contributed by atoms with Gasteiger partial charge in [0.15, 0.2) is 4.83 Å². The lowest BCUT2D eigenvalue weighted by atomic mass is 10.3. The molecule has 0 saturated carbocycles. The van der Waals surface area contributed by atoms with Crippen molar-refractivity contribution in [1.29, 1.82) is 0 Å². The minimum Gasteiger partial charge on any atom is -0.437 e. The van der Waals surface area contributed by atoms with Gasteiger partial charge in [-0.15, -0.1) is 0 Å². The highest BCUT2D eigenvalue weighted by molar-refractivity contribution is 14.1. The molecule has 0 atom stereocenters. The number of hydrogen-bond donors (Lipinski definition) is 0. The van der Waals surface area contributed by atoms with Gasteiger partial charge >= 0.3 is 0 Å². The number of halogens is 1. The maximum Gasteiger partial charge on any atom is 0.233 e. The van der Waals surface area contributed by atoms with Gasteiger partial charge in [-0.3, -0.25) is 0 Å². The number of aryl methyl sites for hydroxylation is 1. The third-order valence-corrected chi connectivity index (χ3v) is 4.19. The van der Waals surface area contributed by atoms with Crippen LogP contribution in [-0.4, -0.2) is 14.3 Å². The summed E-state index contributed by atoms with van der Waals surface area (Å²) >= 11 is 3.60. The lowest BCUT2D eigenvalue weighted by Gasteiger charge is -2.07. The summed E-state index contributed by atoms with van der Waals surface area (Å²) in [7, 11) is 0. The molecule has 0 radical (unpaired) electrons. The molecule has 4 nitrogen and oxygen atoms in total. The third kappa shape index (κ3) is 2.05. The summed E-state index contributed by atoms with van der Waals surface area (Å²) in [5, 5.41) is 0.891. The summed E-state index contributed by atoms with van der Waals surface area (Å²) in [5.74, 6) is 1.36. The maximum atomic E-state index is 5.87. The Morgan fingerprint density at radius 3 is 2.89 bits per heavy atom. The Kier molecular flexibility index (Phi) is 3.13. The maximum absolute atomic E-state index is 5.87. The zero-order valence-corrected chi connectivity index (χ0v) is 12.4. The van der Waals surface area contributed by atoms with Crippen LogP contribution in [0.5, 0.6) is 11.6 Å². The van der Waals surface area contributed by atoms with Crippen molar-refractivity contribution in [1.82, 2.24) is 14.3 Å². The highest BCUT2D eigenvalue weighted by Crippen LogP contribution is 2.32. The van der Waals surface area contributed by atoms with Crippen LogP contribution in [-0.2, 0) is 0 Å². The summed E-state index contributed by atoms with van der Waals surface area (Å²) in [6.45, 7) is 1.94. The monoisotopic (exact) mass is 369 g/mol. The van der Waals surface area contributed by atoms with Crippen molar-refractivity contribution < 1.29 is 4.74 Å². The molecule has 0 bridgehead atoms. The quantitative estimate of drug-likeness (QED) is 0.645. The molecule has 0 saturated heterocycles. The molecule has 0 aliphatic carbocycles. The highest BCUT2D eigenvalue weighted by atomic mass is 127. The van der Waals surface area contributed by atoms with E-state index in [0.717, 1.165) is 25.2 Å². The fraction of sp³-hybridized carbons (Fsp3) is 0.0833. The summed E-state index contributed by atoms with van der Waals surface area (Å²) in [6.07, 6.45) is 1.51. The van der Waals surface area contributed by atoms with Gasteiger partial charge in [-0.05, 0) is 53.2 Å². The van der Waals surface area contributed by atoms with E-state index in [4.69, 9.17) is 4.74 Å². The number of aromatic nitrogens is 3. The van der Waals surface area contributed by atoms with Crippen molar-refractivity contribution in [2.75, 3.05) is 0 Å². The topological polar surface area (TPSA) is 47.9 Å². The first kappa shape index (κ1) is 11.8. The molecule has 2 aromatic heterocycles. The van der Waals surface area contributed by atoms with E-state index >= 15 is 0 Å². The highest BCUT2D eigenvalue weighted by Gasteiger charge is 2.12. The first-order valence-electron chi connectivity index (χ1n) is 5.25. The molecule has 18 heavy (non-hydrogen) atoms. The molecule has 0 N–H and O–H groups in total. The summed E-state index contributed by atoms with van der Waals surface area (Å²) in [5.41, 5.74) is 0.900. The Morgan fingerprint density at radius 1 is 1.22 bits per heavy atom. The molecule has 90 valence electrons. The van der Waals surface area contributed by atoms with Gasteiger partial charge in [0.1, 0.15) is 12.1 Å². The Morgan fingerprint density at radius 2 is 2.06 bits per heavy atom. The first-order valence-corrected chi connectivity index (χ1v) is 7.10. The van der Waals surface area contributed by atoms with Crippen molar-refractivity contribution in [2.24, 2.45) is 0 Å². The van der Waals surface area contributed by atoms with Gasteiger partial charge in [0.2, 0.25) is 5.88 Å². The number of benzene rings is 1. The molecule has 3 rings (SSSR count). The third-order valence-electron chi connectivity index (χ3n) is 2.45. The Bertz CT molecular complexity index is 713. The number of ether oxygens (including phenoxy) is 1. The molecule has 0 aliphatic rings. The van der Waals surface area contributed by atoms with Crippen LogP contribution in [0.1, 0.15) is 5.69 Å². The molecule has 0 spiro atoms. The predicted molar refractivity (Wildman–Crippen MR) is 79.2 cm³/mol. The van der Waals surface area contributed by atoms with E-state index in [1.807, 2.05) is 31.2 Å². The van der Waals surface area contributed by atoms with E-state index in [9.17, 15) is 0 Å². The average Bonchev–Trinajstić information content (AvgIpc) is 2.75. The van der Waals surface area contributed by atoms with Crippen LogP contribution in [0.4, 0.5) is 0 Å². The van der Waals surface area contributed by atoms with Crippen LogP contribution in [0.2, 0.25) is 0 Å². The van der Waals surface area contributed by atoms with E-state index in [1.165, 1.54) is 17.9 Å². The number of hydrogen-bond acceptors (Lipinski definition) is 5. The van der Waals surface area contributed by atoms with E-state index in [1.54, 1.807) is 0 Å². The molecular weight excluding hydrogens is 361 g/mol. The fourth-order valence-electron chi connectivity index (χ4n) is 1.60. The van der Waals surface area contributed by atoms with Gasteiger partial charge in [0.25, 0.3) is 0 Å². The minimum atomic E-state index is 0.565. The van der Waals surface area contributed by atoms with Gasteiger partial charge in [-0.1, -0.05) is 12.1 Å². The Hall–Kier alpha value is -1.28. The lowest BCUT2D eigenvalue weighted by molar-refractivity contribution is 0.465. The molecule has 3 aromatic rings. The fourth-order valence-corrected chi connectivity index (χ4v) is 2.83. The largest absolute Gasteiger partial charge is 0.437 e. The number of fused-ring (bicyclic) bond motifs is 1. The standard InChI is InChI=1S/C12H8IN3OS/c1-7-10-11(14-6-15-12(10)18-16-7)17-9-5-3-2-4-8(9)13/h2-6H,1H3. The lowest BCUT2D eigenvalue weighted by Crippen LogP contribution is -1.92. The Balaban J connectivity index is 2.10. The van der Waals surface area contributed by atoms with E-state index in [0.29, 0.717) is 5.88 Å². The zero-order valence-electron chi connectivity index (χ0n) is 9.42. The number of rotatable bonds is 2. The van der Waals surface area contributed by atoms with E-state index < -0.39 is 0 Å². The SMILES string of the molecule is Cc1nsc2ncnc(Oc3ccccc3I)c12. The van der Waals surface area contributed by atoms with Crippen LogP contribution in [0.15, 0.2) is 30.6 Å². The van der Waals surface area contributed by atoms with Gasteiger partial charge in [-0.2, -0.15) is 4.37 Å². The average molecular weight is 369 g/mol. The molecule has 0 amide bonds. The normalized spacial score (nSPS) is 10.8. The summed E-state index contributed by atoms with van der Waals surface area (Å²) in [6, 6.07) is 7.83. The van der Waals surface area contributed by atoms with Gasteiger partial charge < -0.3 is 4.74 Å². The first-order chi connectivity index (χ1) is 8.75. The predicted octanol–water partition coefficient (Wildman–Crippen LogP) is 3.79. The van der Waals surface area contributed by atoms with Crippen LogP contribution >= 0.6 is 34.1 Å². The minimum absolute atomic E-state index is 0.565. The van der Waals surface area contributed by atoms with Crippen molar-refractivity contribution in [3.8, 4) is 11.6 Å². The smallest absolute Gasteiger partial charge is 0.233 e. The second-order valence-corrected chi connectivity index (χ2v) is 5.57. The molecule has 0 aliphatic heterocycles. The van der Waals surface area contributed by atoms with Crippen LogP contribution in [0.3, 0.4) is 0 Å². The number of nitrogens with zero attached hydrogens (tertiary/aromatic N) is 3. The van der Waals surface area contributed by atoms with Crippen LogP contribution < -0.4 is 4.74 Å². The van der Waals surface area contributed by atoms with Crippen molar-refractivity contribution in [3.05, 3.63) is 39.9 Å². The van der Waals surface area contributed by atoms with E-state index in [-0.39, 0.29) is 0 Å². The number of para-hydroxylation sites is 1. The van der Waals surface area contributed by atoms with E-state index in [2.05, 4.69) is 36.9 Å².